The number of rotatable bonds is 4. The van der Waals surface area contributed by atoms with Crippen LogP contribution in [0.3, 0.4) is 0 Å². The van der Waals surface area contributed by atoms with E-state index in [0.717, 1.165) is 0 Å². The molecule has 2 N–H and O–H groups in total. The van der Waals surface area contributed by atoms with Crippen molar-refractivity contribution >= 4 is 17.1 Å². The van der Waals surface area contributed by atoms with Crippen LogP contribution >= 0.6 is 0 Å². The van der Waals surface area contributed by atoms with Gasteiger partial charge in [0.2, 0.25) is 5.89 Å². The molecule has 1 aromatic carbocycles. The Bertz CT molecular complexity index is 960. The smallest absolute Gasteiger partial charge is 0.252 e. The molecule has 0 radical (unpaired) electrons. The lowest BCUT2D eigenvalue weighted by atomic mass is 10.1. The molecule has 8 heteroatoms. The first-order valence-electron chi connectivity index (χ1n) is 7.24. The lowest BCUT2D eigenvalue weighted by molar-refractivity contribution is 0.0948. The fourth-order valence-electron chi connectivity index (χ4n) is 2.36. The van der Waals surface area contributed by atoms with E-state index in [-0.39, 0.29) is 12.5 Å². The molecule has 3 heterocycles. The first-order valence-corrected chi connectivity index (χ1v) is 7.24. The van der Waals surface area contributed by atoms with E-state index >= 15 is 0 Å². The number of nitrogens with one attached hydrogen (secondary N) is 2. The number of amides is 1. The zero-order valence-electron chi connectivity index (χ0n) is 12.4. The second kappa shape index (κ2) is 5.92. The normalized spacial score (nSPS) is 10.8. The molecule has 118 valence electrons. The van der Waals surface area contributed by atoms with Gasteiger partial charge in [-0.1, -0.05) is 18.2 Å². The summed E-state index contributed by atoms with van der Waals surface area (Å²) in [7, 11) is 0. The van der Waals surface area contributed by atoms with Crippen LogP contribution in [-0.4, -0.2) is 31.1 Å². The number of aromatic amines is 1. The quantitative estimate of drug-likeness (QED) is 0.594. The van der Waals surface area contributed by atoms with Crippen molar-refractivity contribution in [3.8, 4) is 11.4 Å². The minimum Gasteiger partial charge on any atom is -0.437 e. The van der Waals surface area contributed by atoms with Crippen LogP contribution in [0.2, 0.25) is 0 Å². The lowest BCUT2D eigenvalue weighted by Gasteiger charge is -2.07. The summed E-state index contributed by atoms with van der Waals surface area (Å²) >= 11 is 0. The van der Waals surface area contributed by atoms with Crippen molar-refractivity contribution in [3.05, 3.63) is 60.4 Å². The SMILES string of the molecule is O=C(NCc1nc2ncccc2o1)c1ccccc1-c1ncn[nH]1. The summed E-state index contributed by atoms with van der Waals surface area (Å²) in [5.74, 6) is 0.679. The summed E-state index contributed by atoms with van der Waals surface area (Å²) in [6.45, 7) is 0.167. The Hall–Kier alpha value is -3.55. The number of carbonyl (C=O) groups is 1. The highest BCUT2D eigenvalue weighted by molar-refractivity contribution is 6.00. The highest BCUT2D eigenvalue weighted by atomic mass is 16.3. The average Bonchev–Trinajstić information content (AvgIpc) is 3.28. The largest absolute Gasteiger partial charge is 0.437 e. The third-order valence-corrected chi connectivity index (χ3v) is 3.45. The molecule has 24 heavy (non-hydrogen) atoms. The van der Waals surface area contributed by atoms with Gasteiger partial charge in [0.15, 0.2) is 17.1 Å². The highest BCUT2D eigenvalue weighted by Crippen LogP contribution is 2.19. The third-order valence-electron chi connectivity index (χ3n) is 3.45. The Labute approximate surface area is 136 Å². The molecule has 0 fully saturated rings. The van der Waals surface area contributed by atoms with E-state index in [4.69, 9.17) is 4.42 Å². The van der Waals surface area contributed by atoms with Crippen molar-refractivity contribution < 1.29 is 9.21 Å². The molecule has 0 atom stereocenters. The minimum atomic E-state index is -0.253. The van der Waals surface area contributed by atoms with Crippen LogP contribution in [-0.2, 0) is 6.54 Å². The van der Waals surface area contributed by atoms with E-state index in [1.807, 2.05) is 6.07 Å². The number of carbonyl (C=O) groups excluding carboxylic acids is 1. The van der Waals surface area contributed by atoms with Crippen LogP contribution in [0.5, 0.6) is 0 Å². The van der Waals surface area contributed by atoms with Gasteiger partial charge in [-0.25, -0.2) is 9.97 Å². The second-order valence-electron chi connectivity index (χ2n) is 5.00. The molecule has 0 bridgehead atoms. The van der Waals surface area contributed by atoms with Crippen molar-refractivity contribution in [2.24, 2.45) is 0 Å². The van der Waals surface area contributed by atoms with Crippen LogP contribution in [0.15, 0.2) is 53.3 Å². The van der Waals surface area contributed by atoms with Crippen molar-refractivity contribution in [1.82, 2.24) is 30.5 Å². The monoisotopic (exact) mass is 320 g/mol. The summed E-state index contributed by atoms with van der Waals surface area (Å²) in [4.78, 5) is 24.9. The number of pyridine rings is 1. The first-order chi connectivity index (χ1) is 11.8. The van der Waals surface area contributed by atoms with Gasteiger partial charge in [-0.2, -0.15) is 10.1 Å². The summed E-state index contributed by atoms with van der Waals surface area (Å²) in [5.41, 5.74) is 2.27. The Kier molecular flexibility index (Phi) is 3.47. The van der Waals surface area contributed by atoms with Crippen molar-refractivity contribution in [2.45, 2.75) is 6.54 Å². The maximum Gasteiger partial charge on any atom is 0.252 e. The molecule has 0 saturated heterocycles. The number of benzene rings is 1. The molecule has 0 unspecified atom stereocenters. The van der Waals surface area contributed by atoms with Crippen molar-refractivity contribution in [1.29, 1.82) is 0 Å². The number of H-pyrrole nitrogens is 1. The summed E-state index contributed by atoms with van der Waals surface area (Å²) in [5, 5.41) is 9.37. The molecule has 4 aromatic rings. The van der Waals surface area contributed by atoms with Crippen LogP contribution in [0.25, 0.3) is 22.6 Å². The molecule has 0 aliphatic carbocycles. The predicted octanol–water partition coefficient (Wildman–Crippen LogP) is 1.94. The Morgan fingerprint density at radius 2 is 2.08 bits per heavy atom. The number of hydrogen-bond acceptors (Lipinski definition) is 6. The fourth-order valence-corrected chi connectivity index (χ4v) is 2.36. The predicted molar refractivity (Wildman–Crippen MR) is 84.8 cm³/mol. The zero-order valence-corrected chi connectivity index (χ0v) is 12.4. The van der Waals surface area contributed by atoms with Gasteiger partial charge in [0, 0.05) is 11.8 Å². The molecule has 0 aliphatic heterocycles. The molecular formula is C16H12N6O2. The minimum absolute atomic E-state index is 0.167. The molecule has 0 spiro atoms. The zero-order chi connectivity index (χ0) is 16.4. The van der Waals surface area contributed by atoms with E-state index in [0.29, 0.717) is 34.1 Å². The van der Waals surface area contributed by atoms with Crippen LogP contribution in [0.4, 0.5) is 0 Å². The van der Waals surface area contributed by atoms with Gasteiger partial charge in [-0.3, -0.25) is 9.89 Å². The first kappa shape index (κ1) is 14.1. The topological polar surface area (TPSA) is 110 Å². The third kappa shape index (κ3) is 2.60. The Balaban J connectivity index is 1.54. The average molecular weight is 320 g/mol. The van der Waals surface area contributed by atoms with E-state index in [9.17, 15) is 4.79 Å². The number of oxazole rings is 1. The molecule has 3 aromatic heterocycles. The summed E-state index contributed by atoms with van der Waals surface area (Å²) < 4.78 is 5.54. The van der Waals surface area contributed by atoms with Crippen LogP contribution < -0.4 is 5.32 Å². The maximum absolute atomic E-state index is 12.5. The van der Waals surface area contributed by atoms with Crippen LogP contribution in [0.1, 0.15) is 16.2 Å². The van der Waals surface area contributed by atoms with Crippen molar-refractivity contribution in [2.75, 3.05) is 0 Å². The highest BCUT2D eigenvalue weighted by Gasteiger charge is 2.15. The van der Waals surface area contributed by atoms with E-state index < -0.39 is 0 Å². The molecular weight excluding hydrogens is 308 g/mol. The number of fused-ring (bicyclic) bond motifs is 1. The Morgan fingerprint density at radius 3 is 2.92 bits per heavy atom. The molecule has 4 rings (SSSR count). The van der Waals surface area contributed by atoms with E-state index in [2.05, 4.69) is 30.5 Å². The standard InChI is InChI=1S/C16H12N6O2/c23-16(11-5-2-1-4-10(11)14-19-9-20-22-14)18-8-13-21-15-12(24-13)6-3-7-17-15/h1-7,9H,8H2,(H,18,23)(H,19,20,22). The molecule has 0 aliphatic rings. The van der Waals surface area contributed by atoms with Gasteiger partial charge in [0.1, 0.15) is 6.33 Å². The number of hydrogen-bond donors (Lipinski definition) is 2. The van der Waals surface area contributed by atoms with Crippen molar-refractivity contribution in [3.63, 3.8) is 0 Å². The van der Waals surface area contributed by atoms with Gasteiger partial charge < -0.3 is 9.73 Å². The van der Waals surface area contributed by atoms with Gasteiger partial charge in [-0.05, 0) is 18.2 Å². The van der Waals surface area contributed by atoms with Gasteiger partial charge in [-0.15, -0.1) is 0 Å². The van der Waals surface area contributed by atoms with E-state index in [1.165, 1.54) is 6.33 Å². The Morgan fingerprint density at radius 1 is 1.17 bits per heavy atom. The molecule has 8 nitrogen and oxygen atoms in total. The maximum atomic E-state index is 12.5. The summed E-state index contributed by atoms with van der Waals surface area (Å²) in [6.07, 6.45) is 3.04. The number of nitrogens with zero attached hydrogens (tertiary/aromatic N) is 4. The second-order valence-corrected chi connectivity index (χ2v) is 5.00. The van der Waals surface area contributed by atoms with E-state index in [1.54, 1.807) is 36.5 Å². The summed E-state index contributed by atoms with van der Waals surface area (Å²) in [6, 6.07) is 10.7. The lowest BCUT2D eigenvalue weighted by Crippen LogP contribution is -2.23. The fraction of sp³-hybridized carbons (Fsp3) is 0.0625. The molecule has 1 amide bonds. The van der Waals surface area contributed by atoms with Gasteiger partial charge in [0.25, 0.3) is 5.91 Å². The number of aromatic nitrogens is 5. The van der Waals surface area contributed by atoms with Gasteiger partial charge in [0.05, 0.1) is 12.1 Å². The van der Waals surface area contributed by atoms with Crippen LogP contribution in [0, 0.1) is 0 Å². The van der Waals surface area contributed by atoms with Gasteiger partial charge >= 0.3 is 0 Å². The molecule has 0 saturated carbocycles.